The minimum absolute atomic E-state index is 0.0279. The summed E-state index contributed by atoms with van der Waals surface area (Å²) in [6.07, 6.45) is 1.79. The molecule has 0 aliphatic carbocycles. The van der Waals surface area contributed by atoms with E-state index in [2.05, 4.69) is 17.2 Å². The van der Waals surface area contributed by atoms with Crippen LogP contribution in [0.15, 0.2) is 121 Å². The van der Waals surface area contributed by atoms with Gasteiger partial charge in [0.25, 0.3) is 5.91 Å². The summed E-state index contributed by atoms with van der Waals surface area (Å²) in [5.41, 5.74) is 6.07. The molecular weight excluding hydrogens is 705 g/mol. The molecule has 11 nitrogen and oxygen atoms in total. The quantitative estimate of drug-likeness (QED) is 0.106. The molecule has 278 valence electrons. The zero-order valence-electron chi connectivity index (χ0n) is 30.0. The molecule has 5 aromatic rings. The minimum atomic E-state index is -0.993. The molecule has 2 aliphatic heterocycles. The van der Waals surface area contributed by atoms with Crippen LogP contribution in [0.5, 0.6) is 0 Å². The van der Waals surface area contributed by atoms with Crippen LogP contribution < -0.4 is 5.32 Å². The van der Waals surface area contributed by atoms with E-state index < -0.39 is 24.3 Å². The number of aliphatic hydroxyl groups is 1. The second-order valence-corrected chi connectivity index (χ2v) is 14.5. The van der Waals surface area contributed by atoms with Gasteiger partial charge in [0.2, 0.25) is 5.91 Å². The smallest absolute Gasteiger partial charge is 0.408 e. The second kappa shape index (κ2) is 16.8. The summed E-state index contributed by atoms with van der Waals surface area (Å²) in [6, 6.07) is 31.6. The SMILES string of the molecule is C[C@H]1[C@@H](CSc2nccn2C)O[C@@H](c2ccc(-c3ccccc3CN3C(=O)CC(NC(=O)OCc4ccccc4)C3=O)cc2)O[C@H]1c1ccc(CO)cc1. The van der Waals surface area contributed by atoms with Crippen molar-refractivity contribution in [3.8, 4) is 11.1 Å². The first kappa shape index (κ1) is 37.1. The summed E-state index contributed by atoms with van der Waals surface area (Å²) in [4.78, 5) is 44.5. The van der Waals surface area contributed by atoms with Gasteiger partial charge in [0.15, 0.2) is 11.4 Å². The van der Waals surface area contributed by atoms with Crippen molar-refractivity contribution in [1.82, 2.24) is 19.8 Å². The molecule has 1 aromatic heterocycles. The van der Waals surface area contributed by atoms with E-state index in [0.29, 0.717) is 5.75 Å². The molecule has 5 atom stereocenters. The molecule has 0 bridgehead atoms. The Hall–Kier alpha value is -5.27. The average molecular weight is 747 g/mol. The number of nitrogens with one attached hydrogen (secondary N) is 1. The van der Waals surface area contributed by atoms with E-state index in [9.17, 15) is 19.5 Å². The van der Waals surface area contributed by atoms with Crippen molar-refractivity contribution in [2.45, 2.75) is 62.8 Å². The number of amides is 3. The van der Waals surface area contributed by atoms with E-state index in [4.69, 9.17) is 14.2 Å². The maximum Gasteiger partial charge on any atom is 0.408 e. The number of hydrogen-bond donors (Lipinski definition) is 2. The van der Waals surface area contributed by atoms with Gasteiger partial charge in [0, 0.05) is 36.7 Å². The molecule has 3 heterocycles. The van der Waals surface area contributed by atoms with Gasteiger partial charge in [-0.25, -0.2) is 9.78 Å². The normalized spacial score (nSPS) is 21.3. The Kier molecular flexibility index (Phi) is 11.5. The molecule has 12 heteroatoms. The Morgan fingerprint density at radius 2 is 1.65 bits per heavy atom. The molecule has 2 N–H and O–H groups in total. The number of carbonyl (C=O) groups excluding carboxylic acids is 3. The predicted octanol–water partition coefficient (Wildman–Crippen LogP) is 6.72. The lowest BCUT2D eigenvalue weighted by Gasteiger charge is -2.41. The van der Waals surface area contributed by atoms with E-state index in [-0.39, 0.29) is 50.2 Å². The number of aliphatic hydroxyl groups excluding tert-OH is 1. The van der Waals surface area contributed by atoms with E-state index in [0.717, 1.165) is 44.1 Å². The highest BCUT2D eigenvalue weighted by Crippen LogP contribution is 2.43. The van der Waals surface area contributed by atoms with Crippen LogP contribution >= 0.6 is 11.8 Å². The summed E-state index contributed by atoms with van der Waals surface area (Å²) in [7, 11) is 1.97. The molecule has 2 saturated heterocycles. The first-order valence-corrected chi connectivity index (χ1v) is 18.9. The number of aromatic nitrogens is 2. The number of aryl methyl sites for hydroxylation is 1. The largest absolute Gasteiger partial charge is 0.445 e. The molecule has 0 spiro atoms. The van der Waals surface area contributed by atoms with Crippen molar-refractivity contribution in [2.24, 2.45) is 13.0 Å². The summed E-state index contributed by atoms with van der Waals surface area (Å²) in [5.74, 6) is -0.123. The predicted molar refractivity (Wildman–Crippen MR) is 203 cm³/mol. The number of likely N-dealkylation sites (tertiary alicyclic amines) is 1. The molecule has 1 unspecified atom stereocenters. The van der Waals surface area contributed by atoms with Gasteiger partial charge in [-0.05, 0) is 33.4 Å². The van der Waals surface area contributed by atoms with Crippen LogP contribution in [-0.4, -0.2) is 55.4 Å². The third-order valence-corrected chi connectivity index (χ3v) is 11.0. The number of imide groups is 1. The molecule has 2 fully saturated rings. The number of imidazole rings is 1. The third kappa shape index (κ3) is 8.42. The highest BCUT2D eigenvalue weighted by atomic mass is 32.2. The van der Waals surface area contributed by atoms with Crippen LogP contribution in [0.1, 0.15) is 53.6 Å². The van der Waals surface area contributed by atoms with E-state index >= 15 is 0 Å². The lowest BCUT2D eigenvalue weighted by atomic mass is 9.91. The molecular formula is C42H42N4O7S. The second-order valence-electron chi connectivity index (χ2n) is 13.5. The Balaban J connectivity index is 1.05. The van der Waals surface area contributed by atoms with Gasteiger partial charge < -0.3 is 29.2 Å². The minimum Gasteiger partial charge on any atom is -0.445 e. The molecule has 3 amide bonds. The summed E-state index contributed by atoms with van der Waals surface area (Å²) < 4.78 is 20.6. The van der Waals surface area contributed by atoms with Gasteiger partial charge in [0.05, 0.1) is 31.8 Å². The average Bonchev–Trinajstić information content (AvgIpc) is 3.73. The van der Waals surface area contributed by atoms with Gasteiger partial charge in [-0.1, -0.05) is 122 Å². The van der Waals surface area contributed by atoms with Crippen molar-refractivity contribution in [3.05, 3.63) is 143 Å². The lowest BCUT2D eigenvalue weighted by molar-refractivity contribution is -0.268. The molecule has 0 saturated carbocycles. The fraction of sp³-hybridized carbons (Fsp3) is 0.286. The Bertz CT molecular complexity index is 2070. The Morgan fingerprint density at radius 1 is 0.926 bits per heavy atom. The number of thioether (sulfide) groups is 1. The number of rotatable bonds is 12. The fourth-order valence-electron chi connectivity index (χ4n) is 6.76. The highest BCUT2D eigenvalue weighted by Gasteiger charge is 2.41. The standard InChI is InChI=1S/C42H42N4O7S/c1-27-36(26-54-41-43-20-21-45(41)2)52-40(53-38(27)31-14-12-28(24-47)13-15-31)32-18-16-30(17-19-32)34-11-7-6-10-33(34)23-46-37(48)22-35(39(46)49)44-42(50)51-25-29-8-4-3-5-9-29/h3-21,27,35-36,38,40,47H,22-26H2,1-2H3,(H,44,50)/t27-,35?,36+,38+,40+/m0/s1. The van der Waals surface area contributed by atoms with Crippen LogP contribution in [0.3, 0.4) is 0 Å². The van der Waals surface area contributed by atoms with Crippen molar-refractivity contribution < 1.29 is 33.7 Å². The monoisotopic (exact) mass is 746 g/mol. The topological polar surface area (TPSA) is 132 Å². The van der Waals surface area contributed by atoms with Gasteiger partial charge in [-0.2, -0.15) is 0 Å². The number of ether oxygens (including phenoxy) is 3. The van der Waals surface area contributed by atoms with Gasteiger partial charge in [-0.3, -0.25) is 14.5 Å². The van der Waals surface area contributed by atoms with Crippen molar-refractivity contribution in [1.29, 1.82) is 0 Å². The van der Waals surface area contributed by atoms with Crippen LogP contribution in [0.25, 0.3) is 11.1 Å². The van der Waals surface area contributed by atoms with Crippen LogP contribution in [-0.2, 0) is 50.6 Å². The molecule has 4 aromatic carbocycles. The summed E-state index contributed by atoms with van der Waals surface area (Å²) >= 11 is 1.64. The lowest BCUT2D eigenvalue weighted by Crippen LogP contribution is -2.41. The number of benzene rings is 4. The molecule has 7 rings (SSSR count). The van der Waals surface area contributed by atoms with Crippen molar-refractivity contribution in [2.75, 3.05) is 5.75 Å². The summed E-state index contributed by atoms with van der Waals surface area (Å²) in [6.45, 7) is 2.22. The van der Waals surface area contributed by atoms with Crippen LogP contribution in [0.4, 0.5) is 4.79 Å². The highest BCUT2D eigenvalue weighted by molar-refractivity contribution is 7.99. The number of hydrogen-bond acceptors (Lipinski definition) is 9. The third-order valence-electron chi connectivity index (χ3n) is 9.87. The van der Waals surface area contributed by atoms with Gasteiger partial charge in [0.1, 0.15) is 12.6 Å². The van der Waals surface area contributed by atoms with Crippen molar-refractivity contribution in [3.63, 3.8) is 0 Å². The van der Waals surface area contributed by atoms with Crippen molar-refractivity contribution >= 4 is 29.7 Å². The maximum atomic E-state index is 13.3. The number of nitrogens with zero attached hydrogens (tertiary/aromatic N) is 3. The zero-order valence-corrected chi connectivity index (χ0v) is 30.9. The summed E-state index contributed by atoms with van der Waals surface area (Å²) in [5, 5.41) is 13.1. The Labute approximate surface area is 318 Å². The van der Waals surface area contributed by atoms with Crippen LogP contribution in [0.2, 0.25) is 0 Å². The van der Waals surface area contributed by atoms with Gasteiger partial charge >= 0.3 is 6.09 Å². The molecule has 2 aliphatic rings. The molecule has 0 radical (unpaired) electrons. The van der Waals surface area contributed by atoms with E-state index in [1.165, 1.54) is 4.90 Å². The maximum absolute atomic E-state index is 13.3. The Morgan fingerprint density at radius 3 is 2.37 bits per heavy atom. The molecule has 54 heavy (non-hydrogen) atoms. The van der Waals surface area contributed by atoms with E-state index in [1.54, 1.807) is 18.0 Å². The number of carbonyl (C=O) groups is 3. The zero-order chi connectivity index (χ0) is 37.6. The first-order chi connectivity index (χ1) is 26.3. The van der Waals surface area contributed by atoms with Crippen LogP contribution in [0, 0.1) is 5.92 Å². The van der Waals surface area contributed by atoms with Gasteiger partial charge in [-0.15, -0.1) is 0 Å². The van der Waals surface area contributed by atoms with E-state index in [1.807, 2.05) is 121 Å². The first-order valence-electron chi connectivity index (χ1n) is 17.9. The fourth-order valence-corrected chi connectivity index (χ4v) is 7.85. The number of alkyl carbamates (subject to hydrolysis) is 1.